The van der Waals surface area contributed by atoms with E-state index in [2.05, 4.69) is 22.2 Å². The van der Waals surface area contributed by atoms with Crippen LogP contribution in [-0.2, 0) is 16.1 Å². The zero-order valence-corrected chi connectivity index (χ0v) is 22.4. The number of aliphatic hydroxyl groups is 2. The lowest BCUT2D eigenvalue weighted by Crippen LogP contribution is -2.38. The highest BCUT2D eigenvalue weighted by atomic mass is 32.2. The molecule has 0 saturated carbocycles. The molecule has 3 N–H and O–H groups in total. The molecule has 5 rings (SSSR count). The summed E-state index contributed by atoms with van der Waals surface area (Å²) in [6.45, 7) is 2.22. The first-order valence-electron chi connectivity index (χ1n) is 12.9. The Balaban J connectivity index is 1.31. The van der Waals surface area contributed by atoms with Gasteiger partial charge in [0, 0.05) is 28.7 Å². The molecule has 9 heteroatoms. The molecule has 39 heavy (non-hydrogen) atoms. The second-order valence-corrected chi connectivity index (χ2v) is 10.6. The number of carbonyl (C=O) groups excluding carboxylic acids is 1. The SMILES string of the molecule is C[C@H]1[C@@H](CSCCO)O[C@@H](c2ccc(NC(=O)c3cnc4ccccc4n3)cc2)O[C@H]1c1ccc(CO)cc1. The predicted molar refractivity (Wildman–Crippen MR) is 151 cm³/mol. The number of rotatable bonds is 9. The molecule has 2 heterocycles. The van der Waals surface area contributed by atoms with E-state index in [0.717, 1.165) is 28.0 Å². The van der Waals surface area contributed by atoms with Crippen LogP contribution in [0.25, 0.3) is 11.0 Å². The molecular formula is C30H31N3O5S. The van der Waals surface area contributed by atoms with Crippen LogP contribution in [0.5, 0.6) is 0 Å². The van der Waals surface area contributed by atoms with Gasteiger partial charge in [-0.2, -0.15) is 11.8 Å². The lowest BCUT2D eigenvalue weighted by atomic mass is 9.91. The number of anilines is 1. The van der Waals surface area contributed by atoms with Gasteiger partial charge >= 0.3 is 0 Å². The number of amides is 1. The third-order valence-electron chi connectivity index (χ3n) is 6.76. The van der Waals surface area contributed by atoms with Gasteiger partial charge in [-0.1, -0.05) is 55.5 Å². The normalized spacial score (nSPS) is 21.1. The molecule has 0 aliphatic carbocycles. The van der Waals surface area contributed by atoms with Crippen molar-refractivity contribution in [1.82, 2.24) is 9.97 Å². The van der Waals surface area contributed by atoms with E-state index in [9.17, 15) is 15.0 Å². The van der Waals surface area contributed by atoms with E-state index >= 15 is 0 Å². The highest BCUT2D eigenvalue weighted by molar-refractivity contribution is 7.99. The van der Waals surface area contributed by atoms with Gasteiger partial charge in [-0.05, 0) is 35.4 Å². The molecule has 4 atom stereocenters. The number of thioether (sulfide) groups is 1. The molecule has 1 amide bonds. The first kappa shape index (κ1) is 27.2. The van der Waals surface area contributed by atoms with Gasteiger partial charge in [0.1, 0.15) is 5.69 Å². The minimum atomic E-state index is -0.598. The molecular weight excluding hydrogens is 514 g/mol. The van der Waals surface area contributed by atoms with Crippen LogP contribution in [0, 0.1) is 5.92 Å². The van der Waals surface area contributed by atoms with Gasteiger partial charge in [-0.15, -0.1) is 0 Å². The van der Waals surface area contributed by atoms with Crippen molar-refractivity contribution in [2.24, 2.45) is 5.92 Å². The first-order chi connectivity index (χ1) is 19.1. The van der Waals surface area contributed by atoms with Crippen LogP contribution >= 0.6 is 11.8 Å². The van der Waals surface area contributed by atoms with E-state index in [1.165, 1.54) is 6.20 Å². The fourth-order valence-corrected chi connectivity index (χ4v) is 5.47. The number of hydrogen-bond acceptors (Lipinski definition) is 8. The van der Waals surface area contributed by atoms with Crippen LogP contribution < -0.4 is 5.32 Å². The number of aliphatic hydroxyl groups excluding tert-OH is 2. The molecule has 1 saturated heterocycles. The monoisotopic (exact) mass is 545 g/mol. The topological polar surface area (TPSA) is 114 Å². The molecule has 1 aliphatic heterocycles. The minimum Gasteiger partial charge on any atom is -0.396 e. The van der Waals surface area contributed by atoms with Crippen molar-refractivity contribution in [3.63, 3.8) is 0 Å². The van der Waals surface area contributed by atoms with E-state index in [1.807, 2.05) is 72.8 Å². The largest absolute Gasteiger partial charge is 0.396 e. The van der Waals surface area contributed by atoms with Crippen LogP contribution in [0.4, 0.5) is 5.69 Å². The summed E-state index contributed by atoms with van der Waals surface area (Å²) in [6, 6.07) is 22.6. The number of para-hydroxylation sites is 2. The van der Waals surface area contributed by atoms with Gasteiger partial charge in [-0.3, -0.25) is 9.78 Å². The molecule has 1 aliphatic rings. The van der Waals surface area contributed by atoms with Gasteiger partial charge < -0.3 is 25.0 Å². The second-order valence-electron chi connectivity index (χ2n) is 9.44. The number of aromatic nitrogens is 2. The lowest BCUT2D eigenvalue weighted by Gasteiger charge is -2.41. The van der Waals surface area contributed by atoms with Gasteiger partial charge in [0.15, 0.2) is 6.29 Å². The Morgan fingerprint density at radius 3 is 2.38 bits per heavy atom. The Labute approximate surface area is 231 Å². The van der Waals surface area contributed by atoms with Crippen LogP contribution in [0.3, 0.4) is 0 Å². The Hall–Kier alpha value is -3.34. The van der Waals surface area contributed by atoms with Crippen molar-refractivity contribution in [3.8, 4) is 0 Å². The van der Waals surface area contributed by atoms with Crippen molar-refractivity contribution in [3.05, 3.63) is 101 Å². The van der Waals surface area contributed by atoms with Crippen LogP contribution in [-0.4, -0.2) is 50.3 Å². The molecule has 0 unspecified atom stereocenters. The van der Waals surface area contributed by atoms with Crippen LogP contribution in [0.1, 0.15) is 46.5 Å². The molecule has 8 nitrogen and oxygen atoms in total. The van der Waals surface area contributed by atoms with E-state index in [1.54, 1.807) is 11.8 Å². The van der Waals surface area contributed by atoms with Gasteiger partial charge in [0.2, 0.25) is 0 Å². The average Bonchev–Trinajstić information content (AvgIpc) is 2.98. The second kappa shape index (κ2) is 12.7. The standard InChI is InChI=1S/C30H31N3O5S/c1-19-27(18-39-15-14-34)37-30(38-28(19)21-8-6-20(17-35)7-9-21)22-10-12-23(13-11-22)32-29(36)26-16-31-24-4-2-3-5-25(24)33-26/h2-13,16,19,27-28,30,34-35H,14-15,17-18H2,1H3,(H,32,36)/t19-,27+,28+,30+/m0/s1. The number of nitrogens with zero attached hydrogens (tertiary/aromatic N) is 2. The zero-order chi connectivity index (χ0) is 27.2. The number of fused-ring (bicyclic) bond motifs is 1. The van der Waals surface area contributed by atoms with Crippen molar-refractivity contribution < 1.29 is 24.5 Å². The molecule has 0 radical (unpaired) electrons. The van der Waals surface area contributed by atoms with Gasteiger partial charge in [0.25, 0.3) is 5.91 Å². The lowest BCUT2D eigenvalue weighted by molar-refractivity contribution is -0.268. The smallest absolute Gasteiger partial charge is 0.275 e. The average molecular weight is 546 g/mol. The summed E-state index contributed by atoms with van der Waals surface area (Å²) in [6.07, 6.45) is 0.578. The summed E-state index contributed by atoms with van der Waals surface area (Å²) in [5, 5.41) is 21.5. The number of benzene rings is 3. The minimum absolute atomic E-state index is 0.0101. The Morgan fingerprint density at radius 2 is 1.67 bits per heavy atom. The van der Waals surface area contributed by atoms with Gasteiger partial charge in [0.05, 0.1) is 42.7 Å². The van der Waals surface area contributed by atoms with E-state index < -0.39 is 6.29 Å². The Bertz CT molecular complexity index is 1400. The van der Waals surface area contributed by atoms with E-state index in [0.29, 0.717) is 17.0 Å². The third kappa shape index (κ3) is 6.46. The van der Waals surface area contributed by atoms with Gasteiger partial charge in [-0.25, -0.2) is 4.98 Å². The molecule has 4 aromatic rings. The molecule has 1 aromatic heterocycles. The number of nitrogens with one attached hydrogen (secondary N) is 1. The Morgan fingerprint density at radius 1 is 0.949 bits per heavy atom. The summed E-state index contributed by atoms with van der Waals surface area (Å²) in [4.78, 5) is 21.5. The van der Waals surface area contributed by atoms with Crippen molar-refractivity contribution >= 4 is 34.4 Å². The third-order valence-corrected chi connectivity index (χ3v) is 7.80. The van der Waals surface area contributed by atoms with Crippen molar-refractivity contribution in [2.45, 2.75) is 32.0 Å². The van der Waals surface area contributed by atoms with Crippen molar-refractivity contribution in [2.75, 3.05) is 23.4 Å². The highest BCUT2D eigenvalue weighted by Crippen LogP contribution is 2.42. The quantitative estimate of drug-likeness (QED) is 0.255. The van der Waals surface area contributed by atoms with E-state index in [-0.39, 0.29) is 42.9 Å². The van der Waals surface area contributed by atoms with Crippen molar-refractivity contribution in [1.29, 1.82) is 0 Å². The number of ether oxygens (including phenoxy) is 2. The van der Waals surface area contributed by atoms with Crippen LogP contribution in [0.15, 0.2) is 79.0 Å². The molecule has 202 valence electrons. The summed E-state index contributed by atoms with van der Waals surface area (Å²) in [7, 11) is 0. The summed E-state index contributed by atoms with van der Waals surface area (Å²) in [5.41, 5.74) is 4.95. The van der Waals surface area contributed by atoms with Crippen LogP contribution in [0.2, 0.25) is 0 Å². The fourth-order valence-electron chi connectivity index (χ4n) is 4.56. The predicted octanol–water partition coefficient (Wildman–Crippen LogP) is 4.89. The summed E-state index contributed by atoms with van der Waals surface area (Å²) in [5.74, 6) is 1.11. The number of hydrogen-bond donors (Lipinski definition) is 3. The van der Waals surface area contributed by atoms with E-state index in [4.69, 9.17) is 9.47 Å². The maximum absolute atomic E-state index is 12.8. The molecule has 0 bridgehead atoms. The Kier molecular flexibility index (Phi) is 8.85. The fraction of sp³-hybridized carbons (Fsp3) is 0.300. The number of carbonyl (C=O) groups is 1. The zero-order valence-electron chi connectivity index (χ0n) is 21.6. The summed E-state index contributed by atoms with van der Waals surface area (Å²) < 4.78 is 12.9. The molecule has 3 aromatic carbocycles. The first-order valence-corrected chi connectivity index (χ1v) is 14.0. The summed E-state index contributed by atoms with van der Waals surface area (Å²) >= 11 is 1.65. The highest BCUT2D eigenvalue weighted by Gasteiger charge is 2.38. The maximum Gasteiger partial charge on any atom is 0.275 e. The molecule has 0 spiro atoms. The molecule has 1 fully saturated rings. The maximum atomic E-state index is 12.8.